The minimum Gasteiger partial charge on any atom is -0.497 e. The molecule has 0 saturated heterocycles. The lowest BCUT2D eigenvalue weighted by atomic mass is 10.1. The zero-order chi connectivity index (χ0) is 17.6. The topological polar surface area (TPSA) is 68.2 Å². The Kier molecular flexibility index (Phi) is 4.99. The number of benzene rings is 2. The number of methoxy groups -OCH3 is 1. The molecule has 1 aromatic heterocycles. The van der Waals surface area contributed by atoms with Crippen LogP contribution in [0.15, 0.2) is 67.0 Å². The predicted octanol–water partition coefficient (Wildman–Crippen LogP) is 3.34. The van der Waals surface area contributed by atoms with E-state index in [-0.39, 0.29) is 12.1 Å². The van der Waals surface area contributed by atoms with Gasteiger partial charge in [-0.05, 0) is 29.8 Å². The number of hydrogen-bond donors (Lipinski definition) is 2. The summed E-state index contributed by atoms with van der Waals surface area (Å²) in [6, 6.07) is 16.3. The molecule has 0 aliphatic heterocycles. The lowest BCUT2D eigenvalue weighted by Crippen LogP contribution is -2.34. The van der Waals surface area contributed by atoms with Gasteiger partial charge in [-0.15, -0.1) is 0 Å². The van der Waals surface area contributed by atoms with Crippen LogP contribution < -0.4 is 15.4 Å². The van der Waals surface area contributed by atoms with Gasteiger partial charge in [-0.1, -0.05) is 30.3 Å². The maximum Gasteiger partial charge on any atom is 0.320 e. The highest BCUT2D eigenvalue weighted by molar-refractivity contribution is 5.89. The van der Waals surface area contributed by atoms with Crippen LogP contribution in [0.25, 0.3) is 0 Å². The van der Waals surface area contributed by atoms with E-state index in [0.29, 0.717) is 5.69 Å². The molecule has 6 nitrogen and oxygen atoms in total. The molecule has 128 valence electrons. The molecule has 6 heteroatoms. The van der Waals surface area contributed by atoms with Crippen molar-refractivity contribution < 1.29 is 9.53 Å². The van der Waals surface area contributed by atoms with Crippen LogP contribution in [0.4, 0.5) is 10.5 Å². The molecule has 0 bridgehead atoms. The fourth-order valence-electron chi connectivity index (χ4n) is 2.57. The summed E-state index contributed by atoms with van der Waals surface area (Å²) in [5.41, 5.74) is 1.65. The molecule has 3 aromatic rings. The summed E-state index contributed by atoms with van der Waals surface area (Å²) in [4.78, 5) is 16.8. The largest absolute Gasteiger partial charge is 0.497 e. The number of hydrogen-bond acceptors (Lipinski definition) is 3. The molecule has 0 spiro atoms. The highest BCUT2D eigenvalue weighted by Gasteiger charge is 2.20. The predicted molar refractivity (Wildman–Crippen MR) is 96.6 cm³/mol. The molecule has 2 aromatic carbocycles. The van der Waals surface area contributed by atoms with Crippen LogP contribution in [0.3, 0.4) is 0 Å². The highest BCUT2D eigenvalue weighted by Crippen LogP contribution is 2.21. The summed E-state index contributed by atoms with van der Waals surface area (Å²) in [6.45, 7) is 0. The molecule has 0 aliphatic rings. The van der Waals surface area contributed by atoms with Crippen LogP contribution in [-0.4, -0.2) is 22.7 Å². The van der Waals surface area contributed by atoms with Crippen LogP contribution in [0.2, 0.25) is 0 Å². The summed E-state index contributed by atoms with van der Waals surface area (Å²) < 4.78 is 7.01. The molecule has 0 unspecified atom stereocenters. The number of urea groups is 1. The number of anilines is 1. The van der Waals surface area contributed by atoms with Gasteiger partial charge in [0.15, 0.2) is 0 Å². The van der Waals surface area contributed by atoms with Crippen LogP contribution >= 0.6 is 0 Å². The quantitative estimate of drug-likeness (QED) is 0.751. The monoisotopic (exact) mass is 336 g/mol. The first-order chi connectivity index (χ1) is 12.2. The van der Waals surface area contributed by atoms with Crippen LogP contribution in [0.1, 0.15) is 17.4 Å². The minimum atomic E-state index is -0.348. The van der Waals surface area contributed by atoms with Crippen LogP contribution in [0.5, 0.6) is 5.75 Å². The summed E-state index contributed by atoms with van der Waals surface area (Å²) >= 11 is 0. The third-order valence-corrected chi connectivity index (χ3v) is 3.87. The van der Waals surface area contributed by atoms with Gasteiger partial charge in [-0.2, -0.15) is 0 Å². The summed E-state index contributed by atoms with van der Waals surface area (Å²) in [7, 11) is 3.51. The SMILES string of the molecule is COc1ccc(NC(=O)N[C@H](c2ccccc2)c2nccn2C)cc1. The number of nitrogens with one attached hydrogen (secondary N) is 2. The lowest BCUT2D eigenvalue weighted by molar-refractivity contribution is 0.249. The second kappa shape index (κ2) is 7.53. The molecular weight excluding hydrogens is 316 g/mol. The lowest BCUT2D eigenvalue weighted by Gasteiger charge is -2.19. The van der Waals surface area contributed by atoms with Gasteiger partial charge in [0.05, 0.1) is 7.11 Å². The third-order valence-electron chi connectivity index (χ3n) is 3.87. The molecule has 0 fully saturated rings. The number of imidazole rings is 1. The summed E-state index contributed by atoms with van der Waals surface area (Å²) in [5, 5.41) is 5.82. The molecule has 1 atom stereocenters. The van der Waals surface area contributed by atoms with Gasteiger partial charge in [-0.3, -0.25) is 0 Å². The fourth-order valence-corrected chi connectivity index (χ4v) is 2.57. The van der Waals surface area contributed by atoms with Crippen molar-refractivity contribution in [2.24, 2.45) is 7.05 Å². The smallest absolute Gasteiger partial charge is 0.320 e. The Balaban J connectivity index is 1.78. The summed E-state index contributed by atoms with van der Waals surface area (Å²) in [6.07, 6.45) is 3.57. The van der Waals surface area contributed by atoms with Gasteiger partial charge in [0, 0.05) is 25.1 Å². The molecule has 2 amide bonds. The molecule has 25 heavy (non-hydrogen) atoms. The molecular formula is C19H20N4O2. The van der Waals surface area contributed by atoms with Crippen LogP contribution in [-0.2, 0) is 7.05 Å². The number of aromatic nitrogens is 2. The van der Waals surface area contributed by atoms with E-state index in [4.69, 9.17) is 4.74 Å². The average molecular weight is 336 g/mol. The van der Waals surface area contributed by atoms with Crippen molar-refractivity contribution in [2.75, 3.05) is 12.4 Å². The zero-order valence-corrected chi connectivity index (χ0v) is 14.1. The molecule has 0 aliphatic carbocycles. The minimum absolute atomic E-state index is 0.304. The summed E-state index contributed by atoms with van der Waals surface area (Å²) in [5.74, 6) is 1.50. The first-order valence-electron chi connectivity index (χ1n) is 7.91. The van der Waals surface area contributed by atoms with Crippen molar-refractivity contribution in [2.45, 2.75) is 6.04 Å². The normalized spacial score (nSPS) is 11.6. The van der Waals surface area contributed by atoms with Gasteiger partial charge in [0.2, 0.25) is 0 Å². The zero-order valence-electron chi connectivity index (χ0n) is 14.1. The maximum atomic E-state index is 12.5. The van der Waals surface area contributed by atoms with E-state index in [1.54, 1.807) is 37.6 Å². The Bertz CT molecular complexity index is 828. The second-order valence-electron chi connectivity index (χ2n) is 5.57. The van der Waals surface area contributed by atoms with Crippen molar-refractivity contribution in [1.82, 2.24) is 14.9 Å². The van der Waals surface area contributed by atoms with Gasteiger partial charge in [0.1, 0.15) is 17.6 Å². The first kappa shape index (κ1) is 16.6. The first-order valence-corrected chi connectivity index (χ1v) is 7.91. The number of rotatable bonds is 5. The van der Waals surface area contributed by atoms with Crippen molar-refractivity contribution in [1.29, 1.82) is 0 Å². The second-order valence-corrected chi connectivity index (χ2v) is 5.57. The standard InChI is InChI=1S/C19H20N4O2/c1-23-13-12-20-18(23)17(14-6-4-3-5-7-14)22-19(24)21-15-8-10-16(25-2)11-9-15/h3-13,17H,1-2H3,(H2,21,22,24)/t17-/m1/s1. The number of carbonyl (C=O) groups excluding carboxylic acids is 1. The Labute approximate surface area is 146 Å². The Morgan fingerprint density at radius 2 is 1.84 bits per heavy atom. The van der Waals surface area contributed by atoms with Gasteiger partial charge in [0.25, 0.3) is 0 Å². The Hall–Kier alpha value is -3.28. The molecule has 3 rings (SSSR count). The molecule has 1 heterocycles. The number of carbonyl (C=O) groups is 1. The maximum absolute atomic E-state index is 12.5. The fraction of sp³-hybridized carbons (Fsp3) is 0.158. The van der Waals surface area contributed by atoms with Crippen LogP contribution in [0, 0.1) is 0 Å². The van der Waals surface area contributed by atoms with Crippen molar-refractivity contribution in [3.05, 3.63) is 78.4 Å². The van der Waals surface area contributed by atoms with E-state index in [9.17, 15) is 4.79 Å². The van der Waals surface area contributed by atoms with E-state index in [0.717, 1.165) is 17.1 Å². The van der Waals surface area contributed by atoms with Gasteiger partial charge in [-0.25, -0.2) is 9.78 Å². The molecule has 2 N–H and O–H groups in total. The third kappa shape index (κ3) is 3.98. The average Bonchev–Trinajstić information content (AvgIpc) is 3.07. The van der Waals surface area contributed by atoms with Gasteiger partial charge < -0.3 is 19.9 Å². The number of amides is 2. The van der Waals surface area contributed by atoms with E-state index in [1.165, 1.54) is 0 Å². The van der Waals surface area contributed by atoms with Crippen molar-refractivity contribution >= 4 is 11.7 Å². The number of aryl methyl sites for hydroxylation is 1. The number of ether oxygens (including phenoxy) is 1. The van der Waals surface area contributed by atoms with E-state index in [1.807, 2.05) is 48.1 Å². The Morgan fingerprint density at radius 1 is 1.12 bits per heavy atom. The molecule has 0 saturated carbocycles. The number of nitrogens with zero attached hydrogens (tertiary/aromatic N) is 2. The van der Waals surface area contributed by atoms with E-state index in [2.05, 4.69) is 15.6 Å². The van der Waals surface area contributed by atoms with Gasteiger partial charge >= 0.3 is 6.03 Å². The van der Waals surface area contributed by atoms with Crippen molar-refractivity contribution in [3.8, 4) is 5.75 Å². The van der Waals surface area contributed by atoms with Crippen molar-refractivity contribution in [3.63, 3.8) is 0 Å². The molecule has 0 radical (unpaired) electrons. The highest BCUT2D eigenvalue weighted by atomic mass is 16.5. The Morgan fingerprint density at radius 3 is 2.44 bits per heavy atom. The van der Waals surface area contributed by atoms with E-state index >= 15 is 0 Å². The van der Waals surface area contributed by atoms with E-state index < -0.39 is 0 Å².